The number of para-hydroxylation sites is 1. The molecule has 2 N–H and O–H groups in total. The van der Waals surface area contributed by atoms with Crippen LogP contribution in [0.25, 0.3) is 0 Å². The molecule has 0 fully saturated rings. The summed E-state index contributed by atoms with van der Waals surface area (Å²) in [6.07, 6.45) is 2.00. The van der Waals surface area contributed by atoms with Crippen molar-refractivity contribution in [1.29, 1.82) is 0 Å². The molecule has 0 bridgehead atoms. The molecule has 1 heterocycles. The van der Waals surface area contributed by atoms with Crippen molar-refractivity contribution in [3.8, 4) is 0 Å². The summed E-state index contributed by atoms with van der Waals surface area (Å²) in [6, 6.07) is 3.72. The van der Waals surface area contributed by atoms with Crippen molar-refractivity contribution in [2.24, 2.45) is 0 Å². The molecule has 0 aliphatic heterocycles. The van der Waals surface area contributed by atoms with E-state index in [-0.39, 0.29) is 5.69 Å². The molecule has 106 valence electrons. The number of anilines is 3. The number of aromatic nitrogens is 2. The standard InChI is InChI=1S/C14H16F2N4/c1-3-9-13(17-4-2)18-8-19-14(9)20-12-10(15)6-5-7-11(12)16/h5-8H,3-4H2,1-2H3,(H2,17,18,19,20). The molecule has 1 aromatic carbocycles. The first-order valence-corrected chi connectivity index (χ1v) is 6.46. The second-order valence-corrected chi connectivity index (χ2v) is 4.15. The summed E-state index contributed by atoms with van der Waals surface area (Å²) in [4.78, 5) is 8.21. The maximum absolute atomic E-state index is 13.7. The van der Waals surface area contributed by atoms with Crippen LogP contribution < -0.4 is 10.6 Å². The summed E-state index contributed by atoms with van der Waals surface area (Å²) < 4.78 is 27.3. The first kappa shape index (κ1) is 14.2. The van der Waals surface area contributed by atoms with Gasteiger partial charge in [0.25, 0.3) is 0 Å². The average molecular weight is 278 g/mol. The van der Waals surface area contributed by atoms with E-state index in [0.29, 0.717) is 24.6 Å². The van der Waals surface area contributed by atoms with Gasteiger partial charge in [0.2, 0.25) is 0 Å². The van der Waals surface area contributed by atoms with Gasteiger partial charge in [-0.25, -0.2) is 18.7 Å². The Hall–Kier alpha value is -2.24. The zero-order chi connectivity index (χ0) is 14.5. The molecule has 20 heavy (non-hydrogen) atoms. The van der Waals surface area contributed by atoms with E-state index in [4.69, 9.17) is 0 Å². The maximum Gasteiger partial charge on any atom is 0.149 e. The Kier molecular flexibility index (Phi) is 4.45. The van der Waals surface area contributed by atoms with Crippen molar-refractivity contribution in [3.05, 3.63) is 41.7 Å². The van der Waals surface area contributed by atoms with Crippen LogP contribution in [0.3, 0.4) is 0 Å². The highest BCUT2D eigenvalue weighted by atomic mass is 19.1. The highest BCUT2D eigenvalue weighted by Crippen LogP contribution is 2.27. The third kappa shape index (κ3) is 2.84. The van der Waals surface area contributed by atoms with Gasteiger partial charge in [0.1, 0.15) is 35.3 Å². The van der Waals surface area contributed by atoms with Crippen LogP contribution in [0.5, 0.6) is 0 Å². The maximum atomic E-state index is 13.7. The highest BCUT2D eigenvalue weighted by molar-refractivity contribution is 5.65. The minimum absolute atomic E-state index is 0.205. The first-order chi connectivity index (χ1) is 9.67. The van der Waals surface area contributed by atoms with Gasteiger partial charge in [0, 0.05) is 12.1 Å². The van der Waals surface area contributed by atoms with Crippen LogP contribution in [-0.4, -0.2) is 16.5 Å². The molecular weight excluding hydrogens is 262 g/mol. The summed E-state index contributed by atoms with van der Waals surface area (Å²) in [5.74, 6) is -0.238. The predicted molar refractivity (Wildman–Crippen MR) is 75.2 cm³/mol. The molecule has 6 heteroatoms. The smallest absolute Gasteiger partial charge is 0.149 e. The van der Waals surface area contributed by atoms with Gasteiger partial charge in [-0.2, -0.15) is 0 Å². The summed E-state index contributed by atoms with van der Waals surface area (Å²) in [5.41, 5.74) is 0.584. The number of hydrogen-bond acceptors (Lipinski definition) is 4. The van der Waals surface area contributed by atoms with Gasteiger partial charge in [-0.1, -0.05) is 13.0 Å². The third-order valence-electron chi connectivity index (χ3n) is 2.85. The lowest BCUT2D eigenvalue weighted by Gasteiger charge is -2.14. The lowest BCUT2D eigenvalue weighted by Crippen LogP contribution is -2.08. The zero-order valence-corrected chi connectivity index (χ0v) is 11.4. The van der Waals surface area contributed by atoms with Gasteiger partial charge in [-0.05, 0) is 25.5 Å². The van der Waals surface area contributed by atoms with E-state index < -0.39 is 11.6 Å². The molecule has 0 amide bonds. The van der Waals surface area contributed by atoms with E-state index in [1.807, 2.05) is 13.8 Å². The molecular formula is C14H16F2N4. The Labute approximate surface area is 116 Å². The topological polar surface area (TPSA) is 49.8 Å². The fourth-order valence-corrected chi connectivity index (χ4v) is 1.91. The Morgan fingerprint density at radius 1 is 1.05 bits per heavy atom. The SMILES string of the molecule is CCNc1ncnc(Nc2c(F)cccc2F)c1CC. The fraction of sp³-hybridized carbons (Fsp3) is 0.286. The molecule has 0 atom stereocenters. The molecule has 0 saturated carbocycles. The molecule has 0 saturated heterocycles. The molecule has 0 unspecified atom stereocenters. The van der Waals surface area contributed by atoms with Crippen molar-refractivity contribution in [3.63, 3.8) is 0 Å². The molecule has 2 rings (SSSR count). The summed E-state index contributed by atoms with van der Waals surface area (Å²) in [7, 11) is 0. The lowest BCUT2D eigenvalue weighted by atomic mass is 10.2. The van der Waals surface area contributed by atoms with Crippen molar-refractivity contribution < 1.29 is 8.78 Å². The minimum Gasteiger partial charge on any atom is -0.370 e. The van der Waals surface area contributed by atoms with Crippen LogP contribution in [0, 0.1) is 11.6 Å². The minimum atomic E-state index is -0.657. The Morgan fingerprint density at radius 2 is 1.70 bits per heavy atom. The highest BCUT2D eigenvalue weighted by Gasteiger charge is 2.14. The molecule has 1 aromatic heterocycles. The van der Waals surface area contributed by atoms with Crippen LogP contribution in [0.15, 0.2) is 24.5 Å². The van der Waals surface area contributed by atoms with Crippen molar-refractivity contribution >= 4 is 17.3 Å². The number of benzene rings is 1. The Morgan fingerprint density at radius 3 is 2.30 bits per heavy atom. The van der Waals surface area contributed by atoms with Gasteiger partial charge in [-0.15, -0.1) is 0 Å². The van der Waals surface area contributed by atoms with Gasteiger partial charge < -0.3 is 10.6 Å². The van der Waals surface area contributed by atoms with Gasteiger partial charge in [0.15, 0.2) is 0 Å². The monoisotopic (exact) mass is 278 g/mol. The number of hydrogen-bond donors (Lipinski definition) is 2. The fourth-order valence-electron chi connectivity index (χ4n) is 1.91. The summed E-state index contributed by atoms with van der Waals surface area (Å²) in [5, 5.41) is 5.82. The molecule has 4 nitrogen and oxygen atoms in total. The van der Waals surface area contributed by atoms with Crippen LogP contribution in [0.4, 0.5) is 26.1 Å². The number of halogens is 2. The first-order valence-electron chi connectivity index (χ1n) is 6.46. The molecule has 0 aliphatic carbocycles. The molecule has 0 radical (unpaired) electrons. The van der Waals surface area contributed by atoms with E-state index in [1.54, 1.807) is 0 Å². The van der Waals surface area contributed by atoms with Crippen molar-refractivity contribution in [1.82, 2.24) is 9.97 Å². The van der Waals surface area contributed by atoms with Crippen molar-refractivity contribution in [2.75, 3.05) is 17.2 Å². The Balaban J connectivity index is 2.41. The third-order valence-corrected chi connectivity index (χ3v) is 2.85. The van der Waals surface area contributed by atoms with E-state index in [0.717, 1.165) is 5.56 Å². The summed E-state index contributed by atoms with van der Waals surface area (Å²) >= 11 is 0. The average Bonchev–Trinajstić information content (AvgIpc) is 2.43. The number of nitrogens with one attached hydrogen (secondary N) is 2. The lowest BCUT2D eigenvalue weighted by molar-refractivity contribution is 0.590. The van der Waals surface area contributed by atoms with E-state index in [2.05, 4.69) is 20.6 Å². The van der Waals surface area contributed by atoms with Gasteiger partial charge >= 0.3 is 0 Å². The zero-order valence-electron chi connectivity index (χ0n) is 11.4. The Bertz CT molecular complexity index is 581. The van der Waals surface area contributed by atoms with E-state index in [1.165, 1.54) is 24.5 Å². The van der Waals surface area contributed by atoms with Crippen LogP contribution in [0.1, 0.15) is 19.4 Å². The van der Waals surface area contributed by atoms with Crippen LogP contribution in [0.2, 0.25) is 0 Å². The quantitative estimate of drug-likeness (QED) is 0.879. The van der Waals surface area contributed by atoms with Gasteiger partial charge in [-0.3, -0.25) is 0 Å². The van der Waals surface area contributed by atoms with Gasteiger partial charge in [0.05, 0.1) is 0 Å². The predicted octanol–water partition coefficient (Wildman–Crippen LogP) is 3.49. The van der Waals surface area contributed by atoms with E-state index in [9.17, 15) is 8.78 Å². The van der Waals surface area contributed by atoms with E-state index >= 15 is 0 Å². The number of rotatable bonds is 5. The molecule has 0 spiro atoms. The largest absolute Gasteiger partial charge is 0.370 e. The van der Waals surface area contributed by atoms with Crippen LogP contribution >= 0.6 is 0 Å². The van der Waals surface area contributed by atoms with Crippen molar-refractivity contribution in [2.45, 2.75) is 20.3 Å². The van der Waals surface area contributed by atoms with Crippen LogP contribution in [-0.2, 0) is 6.42 Å². The second-order valence-electron chi connectivity index (χ2n) is 4.15. The molecule has 0 aliphatic rings. The molecule has 2 aromatic rings. The second kappa shape index (κ2) is 6.27. The normalized spacial score (nSPS) is 10.4. The number of nitrogens with zero attached hydrogens (tertiary/aromatic N) is 2. The summed E-state index contributed by atoms with van der Waals surface area (Å²) in [6.45, 7) is 4.59.